The Bertz CT molecular complexity index is 837. The SMILES string of the molecule is CCOC(=O)C(C#N)=CNc1ccccc1C(=O)NCCCn1ccnc1. The second-order valence-corrected chi connectivity index (χ2v) is 5.49. The largest absolute Gasteiger partial charge is 0.462 e. The van der Waals surface area contributed by atoms with Crippen LogP contribution in [0.3, 0.4) is 0 Å². The van der Waals surface area contributed by atoms with Crippen molar-refractivity contribution in [3.8, 4) is 6.07 Å². The van der Waals surface area contributed by atoms with E-state index in [9.17, 15) is 9.59 Å². The molecule has 0 saturated carbocycles. The van der Waals surface area contributed by atoms with Gasteiger partial charge in [-0.25, -0.2) is 9.78 Å². The molecule has 2 rings (SSSR count). The quantitative estimate of drug-likeness (QED) is 0.304. The predicted octanol–water partition coefficient (Wildman–Crippen LogP) is 2.09. The Labute approximate surface area is 157 Å². The van der Waals surface area contributed by atoms with Crippen LogP contribution in [0.2, 0.25) is 0 Å². The summed E-state index contributed by atoms with van der Waals surface area (Å²) < 4.78 is 6.74. The molecule has 0 aliphatic rings. The molecule has 0 saturated heterocycles. The van der Waals surface area contributed by atoms with Gasteiger partial charge in [-0.05, 0) is 25.5 Å². The van der Waals surface area contributed by atoms with Crippen LogP contribution in [0.4, 0.5) is 5.69 Å². The maximum atomic E-state index is 12.4. The van der Waals surface area contributed by atoms with Crippen LogP contribution in [0, 0.1) is 11.3 Å². The number of para-hydroxylation sites is 1. The predicted molar refractivity (Wildman–Crippen MR) is 99.6 cm³/mol. The normalized spacial score (nSPS) is 10.7. The molecule has 8 nitrogen and oxygen atoms in total. The lowest BCUT2D eigenvalue weighted by Crippen LogP contribution is -2.26. The average molecular weight is 367 g/mol. The number of esters is 1. The van der Waals surface area contributed by atoms with E-state index in [0.29, 0.717) is 17.8 Å². The lowest BCUT2D eigenvalue weighted by atomic mass is 10.1. The fourth-order valence-electron chi connectivity index (χ4n) is 2.28. The van der Waals surface area contributed by atoms with Crippen molar-refractivity contribution in [2.24, 2.45) is 0 Å². The highest BCUT2D eigenvalue weighted by molar-refractivity contribution is 6.00. The van der Waals surface area contributed by atoms with E-state index in [1.165, 1.54) is 6.20 Å². The fraction of sp³-hybridized carbons (Fsp3) is 0.263. The third-order valence-electron chi connectivity index (χ3n) is 3.60. The lowest BCUT2D eigenvalue weighted by molar-refractivity contribution is -0.138. The summed E-state index contributed by atoms with van der Waals surface area (Å²) in [7, 11) is 0. The van der Waals surface area contributed by atoms with Crippen LogP contribution in [-0.4, -0.2) is 34.6 Å². The first kappa shape index (κ1) is 19.7. The van der Waals surface area contributed by atoms with Gasteiger partial charge >= 0.3 is 5.97 Å². The Hall–Kier alpha value is -3.60. The van der Waals surface area contributed by atoms with E-state index in [0.717, 1.165) is 13.0 Å². The zero-order valence-corrected chi connectivity index (χ0v) is 15.0. The third-order valence-corrected chi connectivity index (χ3v) is 3.60. The van der Waals surface area contributed by atoms with E-state index in [1.54, 1.807) is 49.8 Å². The number of nitrogens with one attached hydrogen (secondary N) is 2. The molecule has 2 aromatic rings. The number of anilines is 1. The van der Waals surface area contributed by atoms with E-state index >= 15 is 0 Å². The molecule has 1 aromatic heterocycles. The number of hydrogen-bond donors (Lipinski definition) is 2. The molecule has 0 spiro atoms. The van der Waals surface area contributed by atoms with Crippen LogP contribution in [-0.2, 0) is 16.1 Å². The van der Waals surface area contributed by atoms with Gasteiger partial charge in [-0.1, -0.05) is 12.1 Å². The van der Waals surface area contributed by atoms with Crippen molar-refractivity contribution in [2.45, 2.75) is 19.9 Å². The number of nitriles is 1. The summed E-state index contributed by atoms with van der Waals surface area (Å²) in [6.45, 7) is 3.10. The highest BCUT2D eigenvalue weighted by Crippen LogP contribution is 2.15. The summed E-state index contributed by atoms with van der Waals surface area (Å²) >= 11 is 0. The number of carbonyl (C=O) groups excluding carboxylic acids is 2. The van der Waals surface area contributed by atoms with Crippen molar-refractivity contribution < 1.29 is 14.3 Å². The van der Waals surface area contributed by atoms with Crippen LogP contribution in [0.25, 0.3) is 0 Å². The zero-order valence-electron chi connectivity index (χ0n) is 15.0. The highest BCUT2D eigenvalue weighted by atomic mass is 16.5. The third kappa shape index (κ3) is 6.01. The molecule has 27 heavy (non-hydrogen) atoms. The standard InChI is InChI=1S/C19H21N5O3/c1-2-27-19(26)15(12-20)13-23-17-7-4-3-6-16(17)18(25)22-8-5-10-24-11-9-21-14-24/h3-4,6-7,9,11,13-14,23H,2,5,8,10H2,1H3,(H,22,25). The molecule has 0 fully saturated rings. The van der Waals surface area contributed by atoms with Gasteiger partial charge < -0.3 is 19.9 Å². The molecule has 1 aromatic carbocycles. The number of imidazole rings is 1. The number of ether oxygens (including phenoxy) is 1. The molecular formula is C19H21N5O3. The van der Waals surface area contributed by atoms with E-state index in [1.807, 2.05) is 10.8 Å². The second kappa shape index (κ2) is 10.4. The molecule has 140 valence electrons. The molecule has 0 aliphatic carbocycles. The lowest BCUT2D eigenvalue weighted by Gasteiger charge is -2.10. The first-order valence-electron chi connectivity index (χ1n) is 8.52. The number of benzene rings is 1. The van der Waals surface area contributed by atoms with Crippen molar-refractivity contribution >= 4 is 17.6 Å². The highest BCUT2D eigenvalue weighted by Gasteiger charge is 2.12. The Kier molecular flexibility index (Phi) is 7.60. The first-order chi connectivity index (χ1) is 13.2. The number of hydrogen-bond acceptors (Lipinski definition) is 6. The van der Waals surface area contributed by atoms with Crippen molar-refractivity contribution in [1.82, 2.24) is 14.9 Å². The monoisotopic (exact) mass is 367 g/mol. The number of nitrogens with zero attached hydrogens (tertiary/aromatic N) is 3. The molecular weight excluding hydrogens is 346 g/mol. The fourth-order valence-corrected chi connectivity index (χ4v) is 2.28. The molecule has 0 atom stereocenters. The van der Waals surface area contributed by atoms with Crippen molar-refractivity contribution in [1.29, 1.82) is 5.26 Å². The molecule has 2 N–H and O–H groups in total. The van der Waals surface area contributed by atoms with Gasteiger partial charge in [0, 0.05) is 31.7 Å². The number of carbonyl (C=O) groups is 2. The van der Waals surface area contributed by atoms with Crippen molar-refractivity contribution in [2.75, 3.05) is 18.5 Å². The molecule has 1 amide bonds. The minimum atomic E-state index is -0.714. The minimum absolute atomic E-state index is 0.174. The van der Waals surface area contributed by atoms with Gasteiger partial charge in [0.05, 0.1) is 24.2 Å². The zero-order chi connectivity index (χ0) is 19.5. The average Bonchev–Trinajstić information content (AvgIpc) is 3.19. The summed E-state index contributed by atoms with van der Waals surface area (Å²) in [4.78, 5) is 28.0. The molecule has 8 heteroatoms. The number of rotatable bonds is 9. The van der Waals surface area contributed by atoms with Gasteiger partial charge in [0.2, 0.25) is 0 Å². The van der Waals surface area contributed by atoms with Gasteiger partial charge in [-0.3, -0.25) is 4.79 Å². The Morgan fingerprint density at radius 3 is 2.89 bits per heavy atom. The van der Waals surface area contributed by atoms with E-state index in [2.05, 4.69) is 15.6 Å². The summed E-state index contributed by atoms with van der Waals surface area (Å²) in [6.07, 6.45) is 7.30. The van der Waals surface area contributed by atoms with E-state index in [-0.39, 0.29) is 18.1 Å². The maximum absolute atomic E-state index is 12.4. The van der Waals surface area contributed by atoms with Crippen LogP contribution < -0.4 is 10.6 Å². The summed E-state index contributed by atoms with van der Waals surface area (Å²) in [5, 5.41) is 14.8. The Morgan fingerprint density at radius 2 is 2.19 bits per heavy atom. The van der Waals surface area contributed by atoms with Crippen molar-refractivity contribution in [3.05, 3.63) is 60.3 Å². The van der Waals surface area contributed by atoms with Crippen LogP contribution in [0.5, 0.6) is 0 Å². The number of aromatic nitrogens is 2. The van der Waals surface area contributed by atoms with E-state index < -0.39 is 5.97 Å². The van der Waals surface area contributed by atoms with E-state index in [4.69, 9.17) is 10.00 Å². The minimum Gasteiger partial charge on any atom is -0.462 e. The van der Waals surface area contributed by atoms with Crippen molar-refractivity contribution in [3.63, 3.8) is 0 Å². The summed E-state index contributed by atoms with van der Waals surface area (Å²) in [5.41, 5.74) is 0.728. The van der Waals surface area contributed by atoms with Crippen LogP contribution >= 0.6 is 0 Å². The summed E-state index contributed by atoms with van der Waals surface area (Å²) in [6, 6.07) is 8.63. The van der Waals surface area contributed by atoms with Crippen LogP contribution in [0.15, 0.2) is 54.8 Å². The van der Waals surface area contributed by atoms with Gasteiger partial charge in [0.25, 0.3) is 5.91 Å². The number of aryl methyl sites for hydroxylation is 1. The van der Waals surface area contributed by atoms with Gasteiger partial charge in [0.15, 0.2) is 5.57 Å². The number of amides is 1. The Balaban J connectivity index is 1.96. The smallest absolute Gasteiger partial charge is 0.350 e. The van der Waals surface area contributed by atoms with Gasteiger partial charge in [-0.15, -0.1) is 0 Å². The molecule has 0 radical (unpaired) electrons. The molecule has 0 bridgehead atoms. The van der Waals surface area contributed by atoms with Gasteiger partial charge in [0.1, 0.15) is 6.07 Å². The topological polar surface area (TPSA) is 109 Å². The second-order valence-electron chi connectivity index (χ2n) is 5.49. The maximum Gasteiger partial charge on any atom is 0.350 e. The van der Waals surface area contributed by atoms with Crippen LogP contribution in [0.1, 0.15) is 23.7 Å². The van der Waals surface area contributed by atoms with Gasteiger partial charge in [-0.2, -0.15) is 5.26 Å². The summed E-state index contributed by atoms with van der Waals surface area (Å²) in [5.74, 6) is -0.958. The molecule has 1 heterocycles. The molecule has 0 aliphatic heterocycles. The first-order valence-corrected chi connectivity index (χ1v) is 8.52. The Morgan fingerprint density at radius 1 is 1.37 bits per heavy atom. The molecule has 0 unspecified atom stereocenters.